The molecule has 0 spiro atoms. The lowest BCUT2D eigenvalue weighted by Crippen LogP contribution is -2.03. The second kappa shape index (κ2) is 4.88. The van der Waals surface area contributed by atoms with Gasteiger partial charge in [0.1, 0.15) is 0 Å². The van der Waals surface area contributed by atoms with Gasteiger partial charge in [0.2, 0.25) is 0 Å². The van der Waals surface area contributed by atoms with Crippen LogP contribution in [0.4, 0.5) is 0 Å². The molecule has 0 fully saturated rings. The number of aliphatic carboxylic acids is 1. The van der Waals surface area contributed by atoms with E-state index in [1.54, 1.807) is 6.08 Å². The van der Waals surface area contributed by atoms with Crippen LogP contribution in [0.15, 0.2) is 55.1 Å². The van der Waals surface area contributed by atoms with E-state index in [9.17, 15) is 4.79 Å². The van der Waals surface area contributed by atoms with Crippen LogP contribution in [0.25, 0.3) is 16.8 Å². The van der Waals surface area contributed by atoms with E-state index < -0.39 is 5.97 Å². The Labute approximate surface area is 106 Å². The van der Waals surface area contributed by atoms with Gasteiger partial charge in [-0.25, -0.2) is 4.79 Å². The molecular formula is C16H14O2. The highest BCUT2D eigenvalue weighted by Crippen LogP contribution is 2.25. The van der Waals surface area contributed by atoms with Crippen LogP contribution < -0.4 is 0 Å². The number of fused-ring (bicyclic) bond motifs is 1. The SMILES string of the molecule is C=Cc1ccc2ccccc2c1CC(=C)C(=O)O. The zero-order valence-corrected chi connectivity index (χ0v) is 10.0. The molecule has 0 saturated heterocycles. The maximum absolute atomic E-state index is 10.9. The normalized spacial score (nSPS) is 10.2. The third-order valence-electron chi connectivity index (χ3n) is 2.99. The fraction of sp³-hybridized carbons (Fsp3) is 0.0625. The number of hydrogen-bond acceptors (Lipinski definition) is 1. The molecule has 0 bridgehead atoms. The lowest BCUT2D eigenvalue weighted by molar-refractivity contribution is -0.132. The Hall–Kier alpha value is -2.35. The van der Waals surface area contributed by atoms with Crippen molar-refractivity contribution in [3.8, 4) is 0 Å². The molecule has 0 atom stereocenters. The standard InChI is InChI=1S/C16H14O2/c1-3-12-8-9-13-6-4-5-7-14(13)15(12)10-11(2)16(17)18/h3-9H,1-2,10H2,(H,17,18). The predicted molar refractivity (Wildman–Crippen MR) is 74.5 cm³/mol. The smallest absolute Gasteiger partial charge is 0.331 e. The lowest BCUT2D eigenvalue weighted by Gasteiger charge is -2.10. The highest BCUT2D eigenvalue weighted by Gasteiger charge is 2.10. The third-order valence-corrected chi connectivity index (χ3v) is 2.99. The molecule has 0 saturated carbocycles. The van der Waals surface area contributed by atoms with Crippen LogP contribution in [0, 0.1) is 0 Å². The van der Waals surface area contributed by atoms with Crippen LogP contribution >= 0.6 is 0 Å². The Morgan fingerprint density at radius 3 is 2.61 bits per heavy atom. The fourth-order valence-corrected chi connectivity index (χ4v) is 2.03. The average Bonchev–Trinajstić information content (AvgIpc) is 2.39. The van der Waals surface area contributed by atoms with Crippen LogP contribution in [0.5, 0.6) is 0 Å². The number of benzene rings is 2. The summed E-state index contributed by atoms with van der Waals surface area (Å²) in [7, 11) is 0. The summed E-state index contributed by atoms with van der Waals surface area (Å²) in [6.45, 7) is 7.37. The Kier molecular flexibility index (Phi) is 3.28. The van der Waals surface area contributed by atoms with Crippen LogP contribution in [-0.2, 0) is 11.2 Å². The van der Waals surface area contributed by atoms with Gasteiger partial charge in [-0.3, -0.25) is 0 Å². The minimum absolute atomic E-state index is 0.189. The highest BCUT2D eigenvalue weighted by molar-refractivity contribution is 5.92. The summed E-state index contributed by atoms with van der Waals surface area (Å²) >= 11 is 0. The van der Waals surface area contributed by atoms with Gasteiger partial charge < -0.3 is 5.11 Å². The molecule has 2 heteroatoms. The largest absolute Gasteiger partial charge is 0.478 e. The summed E-state index contributed by atoms with van der Waals surface area (Å²) in [6, 6.07) is 11.9. The van der Waals surface area contributed by atoms with E-state index in [1.165, 1.54) is 0 Å². The molecule has 0 aliphatic carbocycles. The third kappa shape index (κ3) is 2.18. The summed E-state index contributed by atoms with van der Waals surface area (Å²) in [4.78, 5) is 10.9. The number of carbonyl (C=O) groups is 1. The van der Waals surface area contributed by atoms with Crippen molar-refractivity contribution < 1.29 is 9.90 Å². The Bertz CT molecular complexity index is 639. The van der Waals surface area contributed by atoms with Gasteiger partial charge in [-0.1, -0.05) is 55.6 Å². The Morgan fingerprint density at radius 1 is 1.22 bits per heavy atom. The maximum atomic E-state index is 10.9. The van der Waals surface area contributed by atoms with Crippen LogP contribution in [0.3, 0.4) is 0 Å². The van der Waals surface area contributed by atoms with Crippen LogP contribution in [-0.4, -0.2) is 11.1 Å². The topological polar surface area (TPSA) is 37.3 Å². The molecule has 0 heterocycles. The summed E-state index contributed by atoms with van der Waals surface area (Å²) in [6.07, 6.45) is 2.08. The van der Waals surface area contributed by atoms with Crippen molar-refractivity contribution in [1.29, 1.82) is 0 Å². The van der Waals surface area contributed by atoms with Gasteiger partial charge in [0.25, 0.3) is 0 Å². The van der Waals surface area contributed by atoms with Gasteiger partial charge in [0.15, 0.2) is 0 Å². The fourth-order valence-electron chi connectivity index (χ4n) is 2.03. The van der Waals surface area contributed by atoms with E-state index in [-0.39, 0.29) is 5.57 Å². The Morgan fingerprint density at radius 2 is 1.94 bits per heavy atom. The lowest BCUT2D eigenvalue weighted by atomic mass is 9.94. The van der Waals surface area contributed by atoms with Crippen molar-refractivity contribution in [1.82, 2.24) is 0 Å². The van der Waals surface area contributed by atoms with Gasteiger partial charge in [-0.2, -0.15) is 0 Å². The second-order valence-electron chi connectivity index (χ2n) is 4.14. The number of hydrogen-bond donors (Lipinski definition) is 1. The minimum atomic E-state index is -0.960. The van der Waals surface area contributed by atoms with Crippen molar-refractivity contribution >= 4 is 22.8 Å². The molecule has 0 unspecified atom stereocenters. The molecule has 0 aliphatic rings. The van der Waals surface area contributed by atoms with Crippen molar-refractivity contribution in [2.45, 2.75) is 6.42 Å². The van der Waals surface area contributed by atoms with Crippen molar-refractivity contribution in [3.05, 3.63) is 66.3 Å². The van der Waals surface area contributed by atoms with Gasteiger partial charge in [0, 0.05) is 12.0 Å². The molecule has 0 aliphatic heterocycles. The summed E-state index contributed by atoms with van der Waals surface area (Å²) in [5.74, 6) is -0.960. The zero-order chi connectivity index (χ0) is 13.1. The Balaban J connectivity index is 2.61. The zero-order valence-electron chi connectivity index (χ0n) is 10.0. The van der Waals surface area contributed by atoms with E-state index in [1.807, 2.05) is 36.4 Å². The molecule has 2 aromatic rings. The molecule has 0 radical (unpaired) electrons. The maximum Gasteiger partial charge on any atom is 0.331 e. The predicted octanol–water partition coefficient (Wildman–Crippen LogP) is 3.67. The van der Waals surface area contributed by atoms with Gasteiger partial charge in [-0.15, -0.1) is 0 Å². The first-order valence-electron chi connectivity index (χ1n) is 5.67. The first kappa shape index (κ1) is 12.1. The molecule has 90 valence electrons. The van der Waals surface area contributed by atoms with E-state index in [0.717, 1.165) is 21.9 Å². The van der Waals surface area contributed by atoms with Crippen molar-refractivity contribution in [3.63, 3.8) is 0 Å². The van der Waals surface area contributed by atoms with Crippen molar-refractivity contribution in [2.75, 3.05) is 0 Å². The second-order valence-corrected chi connectivity index (χ2v) is 4.14. The number of carboxylic acids is 1. The first-order chi connectivity index (χ1) is 8.63. The molecule has 2 nitrogen and oxygen atoms in total. The summed E-state index contributed by atoms with van der Waals surface area (Å²) in [5.41, 5.74) is 2.11. The molecular weight excluding hydrogens is 224 g/mol. The van der Waals surface area contributed by atoms with E-state index in [4.69, 9.17) is 5.11 Å². The molecule has 0 amide bonds. The number of carboxylic acid groups (broad SMARTS) is 1. The van der Waals surface area contributed by atoms with Gasteiger partial charge >= 0.3 is 5.97 Å². The van der Waals surface area contributed by atoms with E-state index in [2.05, 4.69) is 13.2 Å². The van der Waals surface area contributed by atoms with Crippen LogP contribution in [0.2, 0.25) is 0 Å². The van der Waals surface area contributed by atoms with Crippen LogP contribution in [0.1, 0.15) is 11.1 Å². The van der Waals surface area contributed by atoms with Crippen molar-refractivity contribution in [2.24, 2.45) is 0 Å². The van der Waals surface area contributed by atoms with Gasteiger partial charge in [0.05, 0.1) is 0 Å². The highest BCUT2D eigenvalue weighted by atomic mass is 16.4. The number of rotatable bonds is 4. The average molecular weight is 238 g/mol. The monoisotopic (exact) mass is 238 g/mol. The molecule has 2 rings (SSSR count). The first-order valence-corrected chi connectivity index (χ1v) is 5.67. The molecule has 1 N–H and O–H groups in total. The molecule has 0 aromatic heterocycles. The summed E-state index contributed by atoms with van der Waals surface area (Å²) in [5, 5.41) is 11.1. The minimum Gasteiger partial charge on any atom is -0.478 e. The van der Waals surface area contributed by atoms with E-state index in [0.29, 0.717) is 6.42 Å². The van der Waals surface area contributed by atoms with Gasteiger partial charge in [-0.05, 0) is 21.9 Å². The molecule has 18 heavy (non-hydrogen) atoms. The van der Waals surface area contributed by atoms with E-state index >= 15 is 0 Å². The summed E-state index contributed by atoms with van der Waals surface area (Å²) < 4.78 is 0. The molecule has 2 aromatic carbocycles. The quantitative estimate of drug-likeness (QED) is 0.825.